The second-order valence-electron chi connectivity index (χ2n) is 4.86. The van der Waals surface area contributed by atoms with Gasteiger partial charge in [-0.2, -0.15) is 0 Å². The van der Waals surface area contributed by atoms with Gasteiger partial charge in [-0.15, -0.1) is 0 Å². The minimum absolute atomic E-state index is 0.910. The van der Waals surface area contributed by atoms with Crippen molar-refractivity contribution in [1.29, 1.82) is 0 Å². The Kier molecular flexibility index (Phi) is 3.77. The average molecular weight is 267 g/mol. The van der Waals surface area contributed by atoms with Gasteiger partial charge in [0.2, 0.25) is 0 Å². The smallest absolute Gasteiger partial charge is 0.120 e. The van der Waals surface area contributed by atoms with Gasteiger partial charge in [0.05, 0.1) is 13.7 Å². The van der Waals surface area contributed by atoms with Crippen LogP contribution in [-0.4, -0.2) is 26.7 Å². The fraction of sp³-hybridized carbons (Fsp3) is 0.235. The van der Waals surface area contributed by atoms with Crippen molar-refractivity contribution >= 4 is 11.4 Å². The molecule has 20 heavy (non-hydrogen) atoms. The van der Waals surface area contributed by atoms with E-state index in [1.54, 1.807) is 7.11 Å². The Labute approximate surface area is 120 Å². The monoisotopic (exact) mass is 267 g/mol. The van der Waals surface area contributed by atoms with Crippen LogP contribution in [0.3, 0.4) is 0 Å². The molecule has 0 atom stereocenters. The Morgan fingerprint density at radius 2 is 1.70 bits per heavy atom. The molecule has 2 aromatic carbocycles. The van der Waals surface area contributed by atoms with Gasteiger partial charge in [-0.1, -0.05) is 24.3 Å². The van der Waals surface area contributed by atoms with E-state index in [0.29, 0.717) is 0 Å². The average Bonchev–Trinajstić information content (AvgIpc) is 2.56. The molecule has 1 saturated heterocycles. The van der Waals surface area contributed by atoms with E-state index in [9.17, 15) is 0 Å². The van der Waals surface area contributed by atoms with Gasteiger partial charge in [-0.3, -0.25) is 0 Å². The predicted molar refractivity (Wildman–Crippen MR) is 83.3 cm³/mol. The number of anilines is 2. The molecule has 0 aromatic heterocycles. The Hall–Kier alpha value is -2.16. The summed E-state index contributed by atoms with van der Waals surface area (Å²) in [4.78, 5) is 4.68. The van der Waals surface area contributed by atoms with Gasteiger partial charge in [0.1, 0.15) is 5.75 Å². The lowest BCUT2D eigenvalue weighted by Gasteiger charge is -2.37. The van der Waals surface area contributed by atoms with E-state index in [2.05, 4.69) is 58.8 Å². The highest BCUT2D eigenvalue weighted by molar-refractivity contribution is 5.55. The first-order chi connectivity index (χ1) is 9.86. The van der Waals surface area contributed by atoms with Crippen molar-refractivity contribution in [3.8, 4) is 5.75 Å². The van der Waals surface area contributed by atoms with Crippen molar-refractivity contribution in [2.24, 2.45) is 0 Å². The molecule has 0 aliphatic carbocycles. The second kappa shape index (κ2) is 5.87. The van der Waals surface area contributed by atoms with Crippen LogP contribution < -0.4 is 14.5 Å². The largest absolute Gasteiger partial charge is 0.497 e. The van der Waals surface area contributed by atoms with E-state index in [0.717, 1.165) is 25.4 Å². The summed E-state index contributed by atoms with van der Waals surface area (Å²) in [7, 11) is 1.71. The minimum Gasteiger partial charge on any atom is -0.497 e. The highest BCUT2D eigenvalue weighted by atomic mass is 16.5. The fourth-order valence-electron chi connectivity index (χ4n) is 2.50. The van der Waals surface area contributed by atoms with Crippen LogP contribution in [0.2, 0.25) is 0 Å². The summed E-state index contributed by atoms with van der Waals surface area (Å²) < 4.78 is 5.29. The van der Waals surface area contributed by atoms with Crippen molar-refractivity contribution in [1.82, 2.24) is 0 Å². The molecule has 0 amide bonds. The minimum atomic E-state index is 0.910. The number of methoxy groups -OCH3 is 1. The van der Waals surface area contributed by atoms with E-state index in [1.165, 1.54) is 11.4 Å². The normalized spacial score (nSPS) is 15.2. The zero-order valence-corrected chi connectivity index (χ0v) is 11.7. The van der Waals surface area contributed by atoms with Crippen molar-refractivity contribution in [2.75, 3.05) is 36.5 Å². The lowest BCUT2D eigenvalue weighted by atomic mass is 10.2. The molecule has 1 aliphatic rings. The van der Waals surface area contributed by atoms with Gasteiger partial charge in [0, 0.05) is 37.1 Å². The molecule has 0 N–H and O–H groups in total. The number of hydrogen-bond acceptors (Lipinski definition) is 3. The van der Waals surface area contributed by atoms with Gasteiger partial charge in [-0.25, -0.2) is 0 Å². The molecular weight excluding hydrogens is 248 g/mol. The summed E-state index contributed by atoms with van der Waals surface area (Å²) in [5, 5.41) is 0. The standard InChI is InChI=1S/C17H19N2O/c1-20-17-9-5-8-16(14-17)19-12-10-18(11-13-19)15-6-3-2-4-7-15/h2-10,14H,11-13H2,1H3. The summed E-state index contributed by atoms with van der Waals surface area (Å²) in [6.45, 7) is 5.18. The molecule has 1 radical (unpaired) electrons. The number of hydrogen-bond donors (Lipinski definition) is 0. The molecule has 0 unspecified atom stereocenters. The van der Waals surface area contributed by atoms with E-state index < -0.39 is 0 Å². The molecule has 3 nitrogen and oxygen atoms in total. The Balaban J connectivity index is 1.66. The number of para-hydroxylation sites is 1. The Bertz CT molecular complexity index is 548. The first-order valence-electron chi connectivity index (χ1n) is 6.91. The van der Waals surface area contributed by atoms with Gasteiger partial charge in [0.15, 0.2) is 0 Å². The lowest BCUT2D eigenvalue weighted by Crippen LogP contribution is -2.43. The van der Waals surface area contributed by atoms with Crippen molar-refractivity contribution < 1.29 is 4.74 Å². The topological polar surface area (TPSA) is 15.7 Å². The van der Waals surface area contributed by atoms with Crippen LogP contribution in [0.4, 0.5) is 11.4 Å². The molecular formula is C17H19N2O. The third-order valence-corrected chi connectivity index (χ3v) is 3.64. The molecule has 2 aromatic rings. The van der Waals surface area contributed by atoms with Crippen LogP contribution in [0, 0.1) is 6.54 Å². The van der Waals surface area contributed by atoms with Crippen molar-refractivity contribution in [3.05, 3.63) is 61.1 Å². The van der Waals surface area contributed by atoms with Crippen LogP contribution in [0.5, 0.6) is 5.75 Å². The molecule has 0 saturated carbocycles. The predicted octanol–water partition coefficient (Wildman–Crippen LogP) is 3.18. The number of ether oxygens (including phenoxy) is 1. The number of rotatable bonds is 3. The first kappa shape index (κ1) is 12.9. The second-order valence-corrected chi connectivity index (χ2v) is 4.86. The van der Waals surface area contributed by atoms with Gasteiger partial charge in [-0.05, 0) is 24.3 Å². The molecule has 1 aliphatic heterocycles. The SMILES string of the molecule is COc1cccc(N2C[CH]N(c3ccccc3)CC2)c1. The Morgan fingerprint density at radius 3 is 2.40 bits per heavy atom. The highest BCUT2D eigenvalue weighted by Crippen LogP contribution is 2.24. The maximum atomic E-state index is 5.29. The van der Waals surface area contributed by atoms with Gasteiger partial charge >= 0.3 is 0 Å². The summed E-state index contributed by atoms with van der Waals surface area (Å²) in [5.74, 6) is 0.910. The summed E-state index contributed by atoms with van der Waals surface area (Å²) >= 11 is 0. The summed E-state index contributed by atoms with van der Waals surface area (Å²) in [6, 6.07) is 18.8. The molecule has 0 spiro atoms. The lowest BCUT2D eigenvalue weighted by molar-refractivity contribution is 0.414. The number of piperazine rings is 1. The Morgan fingerprint density at radius 1 is 0.900 bits per heavy atom. The molecule has 3 heteroatoms. The zero-order valence-electron chi connectivity index (χ0n) is 11.7. The van der Waals surface area contributed by atoms with Gasteiger partial charge < -0.3 is 14.5 Å². The third kappa shape index (κ3) is 2.72. The molecule has 1 fully saturated rings. The summed E-state index contributed by atoms with van der Waals surface area (Å²) in [6.07, 6.45) is 0. The van der Waals surface area contributed by atoms with Crippen molar-refractivity contribution in [3.63, 3.8) is 0 Å². The van der Waals surface area contributed by atoms with Crippen molar-refractivity contribution in [2.45, 2.75) is 0 Å². The van der Waals surface area contributed by atoms with Crippen LogP contribution in [0.15, 0.2) is 54.6 Å². The van der Waals surface area contributed by atoms with Crippen LogP contribution >= 0.6 is 0 Å². The maximum Gasteiger partial charge on any atom is 0.120 e. The van der Waals surface area contributed by atoms with Gasteiger partial charge in [0.25, 0.3) is 0 Å². The number of benzene rings is 2. The molecule has 1 heterocycles. The van der Waals surface area contributed by atoms with Crippen LogP contribution in [-0.2, 0) is 0 Å². The quantitative estimate of drug-likeness (QED) is 0.849. The highest BCUT2D eigenvalue weighted by Gasteiger charge is 2.18. The molecule has 103 valence electrons. The maximum absolute atomic E-state index is 5.29. The van der Waals surface area contributed by atoms with Crippen LogP contribution in [0.1, 0.15) is 0 Å². The van der Waals surface area contributed by atoms with Crippen LogP contribution in [0.25, 0.3) is 0 Å². The zero-order chi connectivity index (χ0) is 13.8. The summed E-state index contributed by atoms with van der Waals surface area (Å²) in [5.41, 5.74) is 2.48. The van der Waals surface area contributed by atoms with E-state index in [4.69, 9.17) is 4.74 Å². The molecule has 3 rings (SSSR count). The van der Waals surface area contributed by atoms with E-state index in [1.807, 2.05) is 12.1 Å². The molecule has 0 bridgehead atoms. The first-order valence-corrected chi connectivity index (χ1v) is 6.91. The van der Waals surface area contributed by atoms with E-state index >= 15 is 0 Å². The number of nitrogens with zero attached hydrogens (tertiary/aromatic N) is 2. The third-order valence-electron chi connectivity index (χ3n) is 3.64. The fourth-order valence-corrected chi connectivity index (χ4v) is 2.50. The van der Waals surface area contributed by atoms with E-state index in [-0.39, 0.29) is 0 Å².